The molecule has 0 radical (unpaired) electrons. The average Bonchev–Trinajstić information content (AvgIpc) is 3.14. The number of carbonyl (C=O) groups is 6. The van der Waals surface area contributed by atoms with Gasteiger partial charge in [-0.05, 0) is 73.6 Å². The molecule has 2 atom stereocenters. The van der Waals surface area contributed by atoms with Crippen LogP contribution >= 0.6 is 0 Å². The Morgan fingerprint density at radius 3 is 2.38 bits per heavy atom. The maximum absolute atomic E-state index is 14.1. The first-order valence-electron chi connectivity index (χ1n) is 15.6. The maximum Gasteiger partial charge on any atom is 0.305 e. The summed E-state index contributed by atoms with van der Waals surface area (Å²) in [4.78, 5) is 78.9. The number of para-hydroxylation sites is 2. The third-order valence-corrected chi connectivity index (χ3v) is 7.68. The number of aliphatic carboxylic acids is 1. The molecule has 2 aromatic carbocycles. The first-order valence-corrected chi connectivity index (χ1v) is 15.6. The van der Waals surface area contributed by atoms with Gasteiger partial charge in [0.15, 0.2) is 6.61 Å². The largest absolute Gasteiger partial charge is 0.507 e. The van der Waals surface area contributed by atoms with Crippen molar-refractivity contribution in [3.8, 4) is 5.75 Å². The number of ether oxygens (including phenoxy) is 1. The molecule has 4 rings (SSSR count). The van der Waals surface area contributed by atoms with Gasteiger partial charge in [0.1, 0.15) is 24.6 Å². The molecule has 4 amide bonds. The van der Waals surface area contributed by atoms with Gasteiger partial charge in [-0.15, -0.1) is 0 Å². The quantitative estimate of drug-likeness (QED) is 0.198. The number of aldehydes is 1. The van der Waals surface area contributed by atoms with Crippen molar-refractivity contribution >= 4 is 47.3 Å². The summed E-state index contributed by atoms with van der Waals surface area (Å²) >= 11 is 0. The summed E-state index contributed by atoms with van der Waals surface area (Å²) in [6.07, 6.45) is 4.50. The second-order valence-corrected chi connectivity index (χ2v) is 10.9. The van der Waals surface area contributed by atoms with Gasteiger partial charge in [0.05, 0.1) is 36.6 Å². The van der Waals surface area contributed by atoms with E-state index >= 15 is 0 Å². The summed E-state index contributed by atoms with van der Waals surface area (Å²) in [5.74, 6) is -3.90. The molecular weight excluding hydrogens is 608 g/mol. The zero-order valence-electron chi connectivity index (χ0n) is 27.1. The number of fused-ring (bicyclic) bond motifs is 1. The lowest BCUT2D eigenvalue weighted by atomic mass is 9.94. The number of aryl methyl sites for hydroxylation is 2. The zero-order valence-corrected chi connectivity index (χ0v) is 27.1. The Kier molecular flexibility index (Phi) is 13.1. The number of nitrogens with zero attached hydrogens (tertiary/aromatic N) is 2. The van der Waals surface area contributed by atoms with Gasteiger partial charge in [-0.3, -0.25) is 28.9 Å². The number of carbonyl (C=O) groups excluding carboxylic acids is 5. The van der Waals surface area contributed by atoms with Crippen LogP contribution in [0.2, 0.25) is 0 Å². The van der Waals surface area contributed by atoms with Gasteiger partial charge in [-0.1, -0.05) is 32.9 Å². The van der Waals surface area contributed by atoms with E-state index in [-0.39, 0.29) is 42.1 Å². The van der Waals surface area contributed by atoms with Crippen LogP contribution in [0.15, 0.2) is 48.2 Å². The van der Waals surface area contributed by atoms with Crippen LogP contribution in [0.4, 0.5) is 11.4 Å². The zero-order chi connectivity index (χ0) is 34.7. The fourth-order valence-corrected chi connectivity index (χ4v) is 5.11. The number of carboxylic acid groups (broad SMARTS) is 1. The van der Waals surface area contributed by atoms with Crippen molar-refractivity contribution in [3.05, 3.63) is 64.9 Å². The summed E-state index contributed by atoms with van der Waals surface area (Å²) in [6.45, 7) is 6.22. The lowest BCUT2D eigenvalue weighted by Crippen LogP contribution is -2.55. The smallest absolute Gasteiger partial charge is 0.305 e. The molecule has 47 heavy (non-hydrogen) atoms. The number of benzene rings is 2. The minimum absolute atomic E-state index is 0.0670. The number of amides is 4. The van der Waals surface area contributed by atoms with Gasteiger partial charge in [0, 0.05) is 5.56 Å². The predicted molar refractivity (Wildman–Crippen MR) is 174 cm³/mol. The number of aromatic hydroxyl groups is 1. The molecule has 0 aromatic heterocycles. The topological polar surface area (TPSA) is 183 Å². The van der Waals surface area contributed by atoms with Crippen LogP contribution in [0.3, 0.4) is 0 Å². The molecule has 4 N–H and O–H groups in total. The number of carboxylic acids is 1. The third kappa shape index (κ3) is 9.18. The molecule has 13 nitrogen and oxygen atoms in total. The van der Waals surface area contributed by atoms with E-state index in [2.05, 4.69) is 10.6 Å². The number of hydrogen-bond donors (Lipinski definition) is 4. The van der Waals surface area contributed by atoms with Crippen molar-refractivity contribution in [2.75, 3.05) is 29.5 Å². The summed E-state index contributed by atoms with van der Waals surface area (Å²) in [5.41, 5.74) is 2.76. The van der Waals surface area contributed by atoms with Crippen LogP contribution in [-0.4, -0.2) is 77.9 Å². The number of rotatable bonds is 12. The van der Waals surface area contributed by atoms with Crippen LogP contribution in [0.5, 0.6) is 5.75 Å². The number of phenolic OH excluding ortho intramolecular Hbond substituents is 1. The van der Waals surface area contributed by atoms with E-state index in [0.717, 1.165) is 29.7 Å². The highest BCUT2D eigenvalue weighted by Crippen LogP contribution is 2.33. The van der Waals surface area contributed by atoms with Gasteiger partial charge in [0.2, 0.25) is 5.91 Å². The fraction of sp³-hybridized carbons (Fsp3) is 0.412. The molecule has 2 unspecified atom stereocenters. The summed E-state index contributed by atoms with van der Waals surface area (Å²) in [6, 6.07) is 6.74. The second kappa shape index (κ2) is 16.9. The van der Waals surface area contributed by atoms with E-state index in [1.165, 1.54) is 23.1 Å². The van der Waals surface area contributed by atoms with Crippen LogP contribution in [0.25, 0.3) is 0 Å². The van der Waals surface area contributed by atoms with E-state index in [0.29, 0.717) is 17.5 Å². The molecule has 1 saturated carbocycles. The van der Waals surface area contributed by atoms with Gasteiger partial charge >= 0.3 is 5.97 Å². The van der Waals surface area contributed by atoms with Crippen molar-refractivity contribution in [3.63, 3.8) is 0 Å². The highest BCUT2D eigenvalue weighted by Gasteiger charge is 2.38. The highest BCUT2D eigenvalue weighted by atomic mass is 16.5. The van der Waals surface area contributed by atoms with Gasteiger partial charge in [-0.2, -0.15) is 0 Å². The van der Waals surface area contributed by atoms with Crippen molar-refractivity contribution in [1.82, 2.24) is 10.6 Å². The summed E-state index contributed by atoms with van der Waals surface area (Å²) in [7, 11) is 0. The van der Waals surface area contributed by atoms with Crippen molar-refractivity contribution < 1.29 is 43.7 Å². The molecule has 0 bridgehead atoms. The lowest BCUT2D eigenvalue weighted by Gasteiger charge is -2.25. The van der Waals surface area contributed by atoms with Crippen molar-refractivity contribution in [2.45, 2.75) is 71.9 Å². The van der Waals surface area contributed by atoms with Gasteiger partial charge < -0.3 is 35.3 Å². The standard InChI is InChI=1S/C32H36N4O9.C2H6/c1-3-21-12-22(11-19(2)30(21)42)31(43)34-24-14-35(28(39)18-45-17-20-7-6-8-20)25-9-4-5-10-26(25)36(32(24)44)15-27(38)33-23(16-37)13-29(40)41;1-2/h4-5,9-12,16-17,23-24,42H,3,6-8,13-15,18H2,1-2H3,(H,33,38)(H,34,43)(H,40,41);1-2H3. The Bertz CT molecular complexity index is 1530. The molecule has 2 aromatic rings. The average molecular weight is 651 g/mol. The monoisotopic (exact) mass is 650 g/mol. The van der Waals surface area contributed by atoms with Crippen LogP contribution in [-0.2, 0) is 35.1 Å². The van der Waals surface area contributed by atoms with Crippen LogP contribution in [0, 0.1) is 6.92 Å². The number of allylic oxidation sites excluding steroid dienone is 1. The summed E-state index contributed by atoms with van der Waals surface area (Å²) < 4.78 is 5.54. The second-order valence-electron chi connectivity index (χ2n) is 10.9. The molecule has 0 saturated heterocycles. The predicted octanol–water partition coefficient (Wildman–Crippen LogP) is 3.01. The van der Waals surface area contributed by atoms with E-state index in [9.17, 15) is 33.9 Å². The molecule has 252 valence electrons. The number of anilines is 2. The molecular formula is C34H42N4O9. The molecule has 0 spiro atoms. The Balaban J connectivity index is 0.00000294. The Morgan fingerprint density at radius 1 is 1.11 bits per heavy atom. The Labute approximate surface area is 273 Å². The number of nitrogens with one attached hydrogen (secondary N) is 2. The normalized spacial score (nSPS) is 15.9. The molecule has 1 aliphatic heterocycles. The molecule has 1 fully saturated rings. The van der Waals surface area contributed by atoms with Gasteiger partial charge in [-0.25, -0.2) is 0 Å². The van der Waals surface area contributed by atoms with Crippen molar-refractivity contribution in [2.24, 2.45) is 0 Å². The number of phenols is 1. The van der Waals surface area contributed by atoms with E-state index in [4.69, 9.17) is 9.84 Å². The highest BCUT2D eigenvalue weighted by molar-refractivity contribution is 6.11. The number of hydrogen-bond acceptors (Lipinski definition) is 8. The molecule has 1 heterocycles. The van der Waals surface area contributed by atoms with Gasteiger partial charge in [0.25, 0.3) is 17.7 Å². The Hall–Kier alpha value is -5.20. The first-order chi connectivity index (χ1) is 22.5. The summed E-state index contributed by atoms with van der Waals surface area (Å²) in [5, 5.41) is 24.4. The minimum atomic E-state index is -1.33. The Morgan fingerprint density at radius 2 is 1.79 bits per heavy atom. The fourth-order valence-electron chi connectivity index (χ4n) is 5.11. The third-order valence-electron chi connectivity index (χ3n) is 7.68. The molecule has 13 heteroatoms. The minimum Gasteiger partial charge on any atom is -0.507 e. The van der Waals surface area contributed by atoms with E-state index in [1.54, 1.807) is 31.4 Å². The van der Waals surface area contributed by atoms with Crippen molar-refractivity contribution in [1.29, 1.82) is 0 Å². The van der Waals surface area contributed by atoms with E-state index in [1.807, 2.05) is 20.8 Å². The van der Waals surface area contributed by atoms with E-state index < -0.39 is 54.6 Å². The molecule has 1 aliphatic carbocycles. The van der Waals surface area contributed by atoms with Crippen LogP contribution in [0.1, 0.15) is 67.9 Å². The lowest BCUT2D eigenvalue weighted by molar-refractivity contribution is -0.139. The van der Waals surface area contributed by atoms with Crippen LogP contribution < -0.4 is 20.4 Å². The molecule has 2 aliphatic rings. The first kappa shape index (κ1) is 36.3. The maximum atomic E-state index is 14.1. The SMILES string of the molecule is CC.CCc1cc(C(=O)NC2CN(C(=O)COC=C3CCC3)c3ccccc3N(CC(=O)NC(C=O)CC(=O)O)C2=O)cc(C)c1O.